The molecule has 0 aliphatic heterocycles. The summed E-state index contributed by atoms with van der Waals surface area (Å²) in [6.45, 7) is 10.1. The fourth-order valence-electron chi connectivity index (χ4n) is 1.98. The molecule has 0 spiro atoms. The van der Waals surface area contributed by atoms with Crippen molar-refractivity contribution in [3.05, 3.63) is 0 Å². The van der Waals surface area contributed by atoms with E-state index in [1.165, 1.54) is 0 Å². The first-order chi connectivity index (χ1) is 7.54. The predicted octanol–water partition coefficient (Wildman–Crippen LogP) is 3.00. The SMILES string of the molecule is CCCCN(CCCC)[C@H](C(=O)O)C(C)C. The van der Waals surface area contributed by atoms with E-state index in [2.05, 4.69) is 18.7 Å². The smallest absolute Gasteiger partial charge is 0.321 e. The Bertz CT molecular complexity index is 184. The van der Waals surface area contributed by atoms with Gasteiger partial charge < -0.3 is 5.11 Å². The highest BCUT2D eigenvalue weighted by atomic mass is 16.4. The molecule has 0 aromatic heterocycles. The lowest BCUT2D eigenvalue weighted by molar-refractivity contribution is -0.145. The standard InChI is InChI=1S/C13H27NO2/c1-5-7-9-14(10-8-6-2)12(11(3)4)13(15)16/h11-12H,5-10H2,1-4H3,(H,15,16)/t12-/m0/s1. The van der Waals surface area contributed by atoms with E-state index in [0.29, 0.717) is 0 Å². The summed E-state index contributed by atoms with van der Waals surface area (Å²) in [7, 11) is 0. The van der Waals surface area contributed by atoms with E-state index in [1.54, 1.807) is 0 Å². The Morgan fingerprint density at radius 2 is 1.56 bits per heavy atom. The fraction of sp³-hybridized carbons (Fsp3) is 0.923. The molecule has 1 N–H and O–H groups in total. The van der Waals surface area contributed by atoms with Crippen LogP contribution in [0.5, 0.6) is 0 Å². The van der Waals surface area contributed by atoms with Gasteiger partial charge in [-0.15, -0.1) is 0 Å². The second-order valence-electron chi connectivity index (χ2n) is 4.77. The maximum Gasteiger partial charge on any atom is 0.321 e. The van der Waals surface area contributed by atoms with E-state index in [1.807, 2.05) is 13.8 Å². The van der Waals surface area contributed by atoms with Crippen LogP contribution in [0.2, 0.25) is 0 Å². The Morgan fingerprint density at radius 1 is 1.12 bits per heavy atom. The second-order valence-corrected chi connectivity index (χ2v) is 4.77. The number of hydrogen-bond donors (Lipinski definition) is 1. The second kappa shape index (κ2) is 8.57. The predicted molar refractivity (Wildman–Crippen MR) is 67.7 cm³/mol. The van der Waals surface area contributed by atoms with Crippen LogP contribution in [-0.2, 0) is 4.79 Å². The van der Waals surface area contributed by atoms with Gasteiger partial charge in [-0.05, 0) is 31.8 Å². The summed E-state index contributed by atoms with van der Waals surface area (Å²) < 4.78 is 0. The minimum atomic E-state index is -0.679. The van der Waals surface area contributed by atoms with Crippen molar-refractivity contribution in [1.29, 1.82) is 0 Å². The van der Waals surface area contributed by atoms with Gasteiger partial charge in [0.2, 0.25) is 0 Å². The molecule has 0 unspecified atom stereocenters. The zero-order chi connectivity index (χ0) is 12.6. The monoisotopic (exact) mass is 229 g/mol. The normalized spacial score (nSPS) is 13.4. The molecule has 0 radical (unpaired) electrons. The zero-order valence-corrected chi connectivity index (χ0v) is 11.2. The molecule has 3 nitrogen and oxygen atoms in total. The Balaban J connectivity index is 4.46. The maximum atomic E-state index is 11.3. The van der Waals surface area contributed by atoms with Crippen molar-refractivity contribution in [3.8, 4) is 0 Å². The number of rotatable bonds is 9. The third-order valence-corrected chi connectivity index (χ3v) is 2.88. The highest BCUT2D eigenvalue weighted by molar-refractivity contribution is 5.73. The first-order valence-electron chi connectivity index (χ1n) is 6.51. The Labute approximate surface area is 99.8 Å². The molecule has 0 saturated carbocycles. The van der Waals surface area contributed by atoms with Gasteiger partial charge in [0.05, 0.1) is 0 Å². The minimum absolute atomic E-state index is 0.172. The summed E-state index contributed by atoms with van der Waals surface area (Å²) in [6, 6.07) is -0.321. The van der Waals surface area contributed by atoms with Gasteiger partial charge in [0, 0.05) is 0 Å². The van der Waals surface area contributed by atoms with E-state index in [4.69, 9.17) is 0 Å². The van der Waals surface area contributed by atoms with Crippen LogP contribution in [0.3, 0.4) is 0 Å². The van der Waals surface area contributed by atoms with Crippen LogP contribution in [0.25, 0.3) is 0 Å². The Morgan fingerprint density at radius 3 is 1.81 bits per heavy atom. The third kappa shape index (κ3) is 5.50. The number of unbranched alkanes of at least 4 members (excludes halogenated alkanes) is 2. The lowest BCUT2D eigenvalue weighted by Gasteiger charge is -2.31. The molecule has 16 heavy (non-hydrogen) atoms. The minimum Gasteiger partial charge on any atom is -0.480 e. The van der Waals surface area contributed by atoms with Gasteiger partial charge in [0.1, 0.15) is 6.04 Å². The molecular formula is C13H27NO2. The topological polar surface area (TPSA) is 40.5 Å². The lowest BCUT2D eigenvalue weighted by Crippen LogP contribution is -2.45. The Kier molecular flexibility index (Phi) is 8.26. The molecule has 1 atom stereocenters. The first-order valence-corrected chi connectivity index (χ1v) is 6.51. The summed E-state index contributed by atoms with van der Waals surface area (Å²) in [6.07, 6.45) is 4.40. The van der Waals surface area contributed by atoms with E-state index >= 15 is 0 Å². The molecule has 0 aliphatic rings. The van der Waals surface area contributed by atoms with Crippen LogP contribution in [0.15, 0.2) is 0 Å². The van der Waals surface area contributed by atoms with Crippen LogP contribution >= 0.6 is 0 Å². The molecule has 0 bridgehead atoms. The highest BCUT2D eigenvalue weighted by Gasteiger charge is 2.27. The average Bonchev–Trinajstić information content (AvgIpc) is 2.20. The number of carboxylic acid groups (broad SMARTS) is 1. The quantitative estimate of drug-likeness (QED) is 0.660. The fourth-order valence-corrected chi connectivity index (χ4v) is 1.98. The molecule has 3 heteroatoms. The van der Waals surface area contributed by atoms with Gasteiger partial charge in [0.25, 0.3) is 0 Å². The van der Waals surface area contributed by atoms with Crippen molar-refractivity contribution in [3.63, 3.8) is 0 Å². The molecule has 0 fully saturated rings. The van der Waals surface area contributed by atoms with Crippen LogP contribution in [0.4, 0.5) is 0 Å². The molecule has 0 aromatic rings. The molecular weight excluding hydrogens is 202 g/mol. The van der Waals surface area contributed by atoms with Crippen molar-refractivity contribution in [2.45, 2.75) is 59.4 Å². The molecule has 0 amide bonds. The summed E-state index contributed by atoms with van der Waals surface area (Å²) in [4.78, 5) is 13.4. The molecule has 0 aliphatic carbocycles. The third-order valence-electron chi connectivity index (χ3n) is 2.88. The van der Waals surface area contributed by atoms with Gasteiger partial charge in [-0.1, -0.05) is 40.5 Å². The molecule has 0 rings (SSSR count). The van der Waals surface area contributed by atoms with E-state index in [-0.39, 0.29) is 12.0 Å². The number of carbonyl (C=O) groups is 1. The zero-order valence-electron chi connectivity index (χ0n) is 11.2. The van der Waals surface area contributed by atoms with Crippen LogP contribution in [0.1, 0.15) is 53.4 Å². The van der Waals surface area contributed by atoms with E-state index < -0.39 is 5.97 Å². The Hall–Kier alpha value is -0.570. The summed E-state index contributed by atoms with van der Waals surface area (Å²) in [5, 5.41) is 9.27. The van der Waals surface area contributed by atoms with Gasteiger partial charge in [-0.25, -0.2) is 0 Å². The van der Waals surface area contributed by atoms with Crippen LogP contribution in [-0.4, -0.2) is 35.1 Å². The summed E-state index contributed by atoms with van der Waals surface area (Å²) in [5.74, 6) is -0.506. The summed E-state index contributed by atoms with van der Waals surface area (Å²) >= 11 is 0. The molecule has 0 aromatic carbocycles. The van der Waals surface area contributed by atoms with Crippen molar-refractivity contribution in [2.75, 3.05) is 13.1 Å². The molecule has 96 valence electrons. The number of aliphatic carboxylic acids is 1. The van der Waals surface area contributed by atoms with Gasteiger partial charge in [0.15, 0.2) is 0 Å². The van der Waals surface area contributed by atoms with Crippen LogP contribution in [0, 0.1) is 5.92 Å². The van der Waals surface area contributed by atoms with E-state index in [0.717, 1.165) is 38.8 Å². The molecule has 0 saturated heterocycles. The van der Waals surface area contributed by atoms with Crippen LogP contribution < -0.4 is 0 Å². The van der Waals surface area contributed by atoms with Gasteiger partial charge in [-0.2, -0.15) is 0 Å². The largest absolute Gasteiger partial charge is 0.480 e. The number of hydrogen-bond acceptors (Lipinski definition) is 2. The molecule has 0 heterocycles. The average molecular weight is 229 g/mol. The van der Waals surface area contributed by atoms with Crippen molar-refractivity contribution in [1.82, 2.24) is 4.90 Å². The first kappa shape index (κ1) is 15.4. The van der Waals surface area contributed by atoms with Crippen molar-refractivity contribution < 1.29 is 9.90 Å². The number of nitrogens with zero attached hydrogens (tertiary/aromatic N) is 1. The highest BCUT2D eigenvalue weighted by Crippen LogP contribution is 2.13. The van der Waals surface area contributed by atoms with Crippen molar-refractivity contribution in [2.24, 2.45) is 5.92 Å². The maximum absolute atomic E-state index is 11.3. The van der Waals surface area contributed by atoms with Gasteiger partial charge in [-0.3, -0.25) is 9.69 Å². The summed E-state index contributed by atoms with van der Waals surface area (Å²) in [5.41, 5.74) is 0. The van der Waals surface area contributed by atoms with E-state index in [9.17, 15) is 9.90 Å². The lowest BCUT2D eigenvalue weighted by atomic mass is 10.0. The van der Waals surface area contributed by atoms with Crippen molar-refractivity contribution >= 4 is 5.97 Å². The van der Waals surface area contributed by atoms with Gasteiger partial charge >= 0.3 is 5.97 Å². The number of carboxylic acids is 1.